The fraction of sp³-hybridized carbons (Fsp3) is 0.138. The molecule has 1 aliphatic heterocycles. The van der Waals surface area contributed by atoms with Crippen molar-refractivity contribution >= 4 is 34.3 Å². The Labute approximate surface area is 221 Å². The molecular weight excluding hydrogens is 508 g/mol. The van der Waals surface area contributed by atoms with E-state index >= 15 is 0 Å². The number of para-hydroxylation sites is 1. The fourth-order valence-corrected chi connectivity index (χ4v) is 4.78. The van der Waals surface area contributed by atoms with E-state index in [4.69, 9.17) is 30.0 Å². The first-order valence-corrected chi connectivity index (χ1v) is 12.2. The molecule has 0 saturated heterocycles. The molecule has 0 fully saturated rings. The van der Waals surface area contributed by atoms with Gasteiger partial charge in [0.15, 0.2) is 22.7 Å². The van der Waals surface area contributed by atoms with E-state index in [0.29, 0.717) is 45.4 Å². The van der Waals surface area contributed by atoms with Crippen LogP contribution in [0.4, 0.5) is 5.82 Å². The highest BCUT2D eigenvalue weighted by Gasteiger charge is 2.45. The Bertz CT molecular complexity index is 1740. The largest absolute Gasteiger partial charge is 0.493 e. The number of nitrogens with zero attached hydrogens (tertiary/aromatic N) is 2. The van der Waals surface area contributed by atoms with Crippen molar-refractivity contribution in [1.82, 2.24) is 5.16 Å². The summed E-state index contributed by atoms with van der Waals surface area (Å²) in [5.41, 5.74) is 1.84. The van der Waals surface area contributed by atoms with Gasteiger partial charge in [-0.25, -0.2) is 0 Å². The van der Waals surface area contributed by atoms with Gasteiger partial charge in [0.25, 0.3) is 5.91 Å². The van der Waals surface area contributed by atoms with Crippen LogP contribution in [-0.4, -0.2) is 18.2 Å². The van der Waals surface area contributed by atoms with Crippen LogP contribution in [0.1, 0.15) is 39.0 Å². The second kappa shape index (κ2) is 9.39. The molecule has 5 aromatic rings. The maximum absolute atomic E-state index is 13.7. The summed E-state index contributed by atoms with van der Waals surface area (Å²) in [6.45, 7) is 2.03. The van der Waals surface area contributed by atoms with E-state index in [-0.39, 0.29) is 22.6 Å². The second-order valence-electron chi connectivity index (χ2n) is 8.87. The molecule has 8 nitrogen and oxygen atoms in total. The number of anilines is 1. The van der Waals surface area contributed by atoms with Crippen LogP contribution in [0.5, 0.6) is 11.5 Å². The predicted molar refractivity (Wildman–Crippen MR) is 141 cm³/mol. The molecule has 0 spiro atoms. The Morgan fingerprint density at radius 2 is 1.79 bits per heavy atom. The summed E-state index contributed by atoms with van der Waals surface area (Å²) in [7, 11) is 1.53. The number of benzene rings is 3. The Morgan fingerprint density at radius 3 is 2.53 bits per heavy atom. The molecular formula is C29H21ClN2O6. The standard InChI is InChI=1S/C29H21ClN2O6/c1-16-13-24(31-38-16)32-26(25-27(33)20-5-3-4-6-21(20)37-28(25)29(32)34)18-9-12-22(23(14-18)35-2)36-15-17-7-10-19(30)11-8-17/h3-14,26H,15H2,1-2H3/t26-/m0/s1. The zero-order valence-corrected chi connectivity index (χ0v) is 21.2. The van der Waals surface area contributed by atoms with Crippen LogP contribution in [-0.2, 0) is 6.61 Å². The maximum atomic E-state index is 13.7. The molecule has 0 unspecified atom stereocenters. The third-order valence-electron chi connectivity index (χ3n) is 6.45. The third-order valence-corrected chi connectivity index (χ3v) is 6.70. The minimum Gasteiger partial charge on any atom is -0.493 e. The molecule has 0 N–H and O–H groups in total. The number of aromatic nitrogens is 1. The number of hydrogen-bond donors (Lipinski definition) is 0. The quantitative estimate of drug-likeness (QED) is 0.263. The van der Waals surface area contributed by atoms with Crippen LogP contribution in [0.2, 0.25) is 5.02 Å². The molecule has 0 bridgehead atoms. The molecule has 3 heterocycles. The Hall–Kier alpha value is -4.56. The lowest BCUT2D eigenvalue weighted by Crippen LogP contribution is -2.29. The van der Waals surface area contributed by atoms with E-state index in [1.165, 1.54) is 12.0 Å². The van der Waals surface area contributed by atoms with Crippen LogP contribution in [0.3, 0.4) is 0 Å². The van der Waals surface area contributed by atoms with Gasteiger partial charge in [-0.05, 0) is 54.4 Å². The monoisotopic (exact) mass is 528 g/mol. The van der Waals surface area contributed by atoms with Crippen molar-refractivity contribution in [2.45, 2.75) is 19.6 Å². The number of rotatable bonds is 6. The van der Waals surface area contributed by atoms with Gasteiger partial charge in [0.2, 0.25) is 5.76 Å². The first-order chi connectivity index (χ1) is 18.4. The minimum atomic E-state index is -0.818. The summed E-state index contributed by atoms with van der Waals surface area (Å²) in [4.78, 5) is 28.7. The Morgan fingerprint density at radius 1 is 1.00 bits per heavy atom. The van der Waals surface area contributed by atoms with Crippen molar-refractivity contribution in [3.63, 3.8) is 0 Å². The highest BCUT2D eigenvalue weighted by Crippen LogP contribution is 2.43. The lowest BCUT2D eigenvalue weighted by Gasteiger charge is -2.23. The first-order valence-electron chi connectivity index (χ1n) is 11.8. The average Bonchev–Trinajstić information content (AvgIpc) is 3.49. The lowest BCUT2D eigenvalue weighted by molar-refractivity contribution is 0.0969. The number of hydrogen-bond acceptors (Lipinski definition) is 7. The van der Waals surface area contributed by atoms with Gasteiger partial charge in [-0.15, -0.1) is 0 Å². The van der Waals surface area contributed by atoms with E-state index in [1.807, 2.05) is 12.1 Å². The molecule has 1 aliphatic rings. The SMILES string of the molecule is COc1cc([C@H]2c3c(oc4ccccc4c3=O)C(=O)N2c2cc(C)on2)ccc1OCc1ccc(Cl)cc1. The van der Waals surface area contributed by atoms with Crippen molar-refractivity contribution < 1.29 is 23.2 Å². The lowest BCUT2D eigenvalue weighted by atomic mass is 9.98. The van der Waals surface area contributed by atoms with Crippen LogP contribution in [0.25, 0.3) is 11.0 Å². The zero-order valence-electron chi connectivity index (χ0n) is 20.4. The molecule has 0 aliphatic carbocycles. The molecule has 1 amide bonds. The molecule has 190 valence electrons. The minimum absolute atomic E-state index is 0.0265. The summed E-state index contributed by atoms with van der Waals surface area (Å²) in [6, 6.07) is 20.3. The molecule has 38 heavy (non-hydrogen) atoms. The predicted octanol–water partition coefficient (Wildman–Crippen LogP) is 6.08. The van der Waals surface area contributed by atoms with Gasteiger partial charge >= 0.3 is 0 Å². The summed E-state index contributed by atoms with van der Waals surface area (Å²) in [5, 5.41) is 5.09. The van der Waals surface area contributed by atoms with Gasteiger partial charge in [0, 0.05) is 11.1 Å². The smallest absolute Gasteiger partial charge is 0.296 e. The Balaban J connectivity index is 1.45. The molecule has 0 saturated carbocycles. The van der Waals surface area contributed by atoms with Gasteiger partial charge in [-0.3, -0.25) is 14.5 Å². The zero-order chi connectivity index (χ0) is 26.4. The highest BCUT2D eigenvalue weighted by molar-refractivity contribution is 6.30. The van der Waals surface area contributed by atoms with Crippen LogP contribution in [0.15, 0.2) is 86.5 Å². The summed E-state index contributed by atoms with van der Waals surface area (Å²) >= 11 is 5.97. The topological polar surface area (TPSA) is 95.0 Å². The molecule has 9 heteroatoms. The maximum Gasteiger partial charge on any atom is 0.296 e. The van der Waals surface area contributed by atoms with Crippen molar-refractivity contribution in [3.05, 3.63) is 116 Å². The van der Waals surface area contributed by atoms with Crippen LogP contribution in [0, 0.1) is 6.92 Å². The number of aryl methyl sites for hydroxylation is 1. The van der Waals surface area contributed by atoms with Gasteiger partial charge in [0.1, 0.15) is 18.0 Å². The number of carbonyl (C=O) groups excluding carboxylic acids is 1. The van der Waals surface area contributed by atoms with Gasteiger partial charge in [0.05, 0.1) is 24.1 Å². The number of methoxy groups -OCH3 is 1. The summed E-state index contributed by atoms with van der Waals surface area (Å²) < 4.78 is 22.9. The van der Waals surface area contributed by atoms with Gasteiger partial charge < -0.3 is 18.4 Å². The van der Waals surface area contributed by atoms with E-state index in [9.17, 15) is 9.59 Å². The highest BCUT2D eigenvalue weighted by atomic mass is 35.5. The van der Waals surface area contributed by atoms with E-state index in [0.717, 1.165) is 5.56 Å². The van der Waals surface area contributed by atoms with Gasteiger partial charge in [-0.1, -0.05) is 47.1 Å². The first kappa shape index (κ1) is 23.8. The van der Waals surface area contributed by atoms with E-state index < -0.39 is 11.9 Å². The number of fused-ring (bicyclic) bond motifs is 2. The van der Waals surface area contributed by atoms with E-state index in [2.05, 4.69) is 5.16 Å². The van der Waals surface area contributed by atoms with Crippen molar-refractivity contribution in [3.8, 4) is 11.5 Å². The fourth-order valence-electron chi connectivity index (χ4n) is 4.65. The van der Waals surface area contributed by atoms with E-state index in [1.54, 1.807) is 67.6 Å². The number of amides is 1. The normalized spacial score (nSPS) is 14.7. The molecule has 2 aromatic heterocycles. The van der Waals surface area contributed by atoms with Crippen LogP contribution >= 0.6 is 11.6 Å². The molecule has 1 atom stereocenters. The number of halogens is 1. The van der Waals surface area contributed by atoms with Crippen molar-refractivity contribution in [2.24, 2.45) is 0 Å². The van der Waals surface area contributed by atoms with Crippen molar-refractivity contribution in [2.75, 3.05) is 12.0 Å². The molecule has 6 rings (SSSR count). The van der Waals surface area contributed by atoms with Crippen molar-refractivity contribution in [1.29, 1.82) is 0 Å². The average molecular weight is 529 g/mol. The van der Waals surface area contributed by atoms with Gasteiger partial charge in [-0.2, -0.15) is 0 Å². The second-order valence-corrected chi connectivity index (χ2v) is 9.31. The number of ether oxygens (including phenoxy) is 2. The summed E-state index contributed by atoms with van der Waals surface area (Å²) in [5.74, 6) is 1.23. The van der Waals surface area contributed by atoms with Crippen LogP contribution < -0.4 is 19.8 Å². The molecule has 3 aromatic carbocycles. The number of carbonyl (C=O) groups is 1. The molecule has 0 radical (unpaired) electrons. The third kappa shape index (κ3) is 3.99. The summed E-state index contributed by atoms with van der Waals surface area (Å²) in [6.07, 6.45) is 0. The Kier molecular flexibility index (Phi) is 5.88.